The SMILES string of the molecule is CCOCSc1sc2nc(-c3nccs3)cc(-c3cnc(C)n3C)c2c1O. The van der Waals surface area contributed by atoms with Crippen molar-refractivity contribution in [3.63, 3.8) is 0 Å². The molecule has 1 N–H and O–H groups in total. The van der Waals surface area contributed by atoms with Crippen LogP contribution in [0.3, 0.4) is 0 Å². The van der Waals surface area contributed by atoms with E-state index in [9.17, 15) is 5.11 Å². The summed E-state index contributed by atoms with van der Waals surface area (Å²) in [5, 5.41) is 14.4. The van der Waals surface area contributed by atoms with E-state index in [-0.39, 0.29) is 5.75 Å². The molecular formula is C18H18N4O2S3. The van der Waals surface area contributed by atoms with Gasteiger partial charge in [0, 0.05) is 30.8 Å². The third kappa shape index (κ3) is 3.36. The predicted molar refractivity (Wildman–Crippen MR) is 112 cm³/mol. The number of aromatic hydroxyl groups is 1. The van der Waals surface area contributed by atoms with Gasteiger partial charge in [0.1, 0.15) is 31.3 Å². The number of thiophene rings is 1. The zero-order valence-electron chi connectivity index (χ0n) is 15.1. The highest BCUT2D eigenvalue weighted by Gasteiger charge is 2.21. The molecule has 140 valence electrons. The molecule has 0 atom stereocenters. The molecule has 0 aliphatic rings. The van der Waals surface area contributed by atoms with Crippen molar-refractivity contribution in [3.05, 3.63) is 29.7 Å². The van der Waals surface area contributed by atoms with Crippen molar-refractivity contribution in [2.24, 2.45) is 7.05 Å². The Labute approximate surface area is 168 Å². The van der Waals surface area contributed by atoms with E-state index < -0.39 is 0 Å². The summed E-state index contributed by atoms with van der Waals surface area (Å²) < 4.78 is 8.25. The number of thioether (sulfide) groups is 1. The molecule has 4 aromatic rings. The lowest BCUT2D eigenvalue weighted by molar-refractivity contribution is 0.199. The van der Waals surface area contributed by atoms with Crippen LogP contribution in [0.15, 0.2) is 28.0 Å². The molecule has 6 nitrogen and oxygen atoms in total. The lowest BCUT2D eigenvalue weighted by Crippen LogP contribution is -1.96. The van der Waals surface area contributed by atoms with Crippen LogP contribution in [0.4, 0.5) is 0 Å². The number of nitrogens with zero attached hydrogens (tertiary/aromatic N) is 4. The van der Waals surface area contributed by atoms with Crippen LogP contribution in [-0.4, -0.2) is 37.2 Å². The Hall–Kier alpha value is -1.94. The molecule has 0 fully saturated rings. The number of ether oxygens (including phenoxy) is 1. The minimum Gasteiger partial charge on any atom is -0.505 e. The fourth-order valence-corrected chi connectivity index (χ4v) is 5.39. The summed E-state index contributed by atoms with van der Waals surface area (Å²) >= 11 is 4.51. The average Bonchev–Trinajstić information content (AvgIpc) is 3.37. The highest BCUT2D eigenvalue weighted by atomic mass is 32.2. The fourth-order valence-electron chi connectivity index (χ4n) is 2.75. The maximum absolute atomic E-state index is 10.9. The van der Waals surface area contributed by atoms with Gasteiger partial charge in [-0.2, -0.15) is 0 Å². The van der Waals surface area contributed by atoms with E-state index in [1.54, 1.807) is 17.5 Å². The van der Waals surface area contributed by atoms with Crippen LogP contribution in [0.2, 0.25) is 0 Å². The third-order valence-electron chi connectivity index (χ3n) is 4.23. The number of hydrogen-bond acceptors (Lipinski definition) is 8. The van der Waals surface area contributed by atoms with Gasteiger partial charge in [0.05, 0.1) is 23.2 Å². The molecule has 4 rings (SSSR count). The predicted octanol–water partition coefficient (Wildman–Crippen LogP) is 4.92. The molecule has 4 heterocycles. The van der Waals surface area contributed by atoms with Crippen LogP contribution in [0.1, 0.15) is 12.7 Å². The number of thiazole rings is 1. The minimum absolute atomic E-state index is 0.256. The molecule has 0 aromatic carbocycles. The lowest BCUT2D eigenvalue weighted by Gasteiger charge is -2.08. The molecule has 9 heteroatoms. The fraction of sp³-hybridized carbons (Fsp3) is 0.278. The number of rotatable bonds is 6. The summed E-state index contributed by atoms with van der Waals surface area (Å²) in [5.41, 5.74) is 2.64. The van der Waals surface area contributed by atoms with Gasteiger partial charge in [-0.25, -0.2) is 15.0 Å². The number of hydrogen-bond donors (Lipinski definition) is 1. The first-order valence-electron chi connectivity index (χ1n) is 8.35. The number of aryl methyl sites for hydroxylation is 1. The normalized spacial score (nSPS) is 11.5. The van der Waals surface area contributed by atoms with E-state index >= 15 is 0 Å². The van der Waals surface area contributed by atoms with E-state index in [0.29, 0.717) is 12.5 Å². The summed E-state index contributed by atoms with van der Waals surface area (Å²) in [7, 11) is 1.97. The maximum Gasteiger partial charge on any atom is 0.150 e. The van der Waals surface area contributed by atoms with Crippen LogP contribution < -0.4 is 0 Å². The molecule has 0 saturated heterocycles. The van der Waals surface area contributed by atoms with Crippen LogP contribution in [-0.2, 0) is 11.8 Å². The molecule has 0 amide bonds. The van der Waals surface area contributed by atoms with Gasteiger partial charge in [0.2, 0.25) is 0 Å². The third-order valence-corrected chi connectivity index (χ3v) is 7.24. The highest BCUT2D eigenvalue weighted by Crippen LogP contribution is 2.47. The van der Waals surface area contributed by atoms with Crippen molar-refractivity contribution in [2.75, 3.05) is 12.5 Å². The largest absolute Gasteiger partial charge is 0.505 e. The molecule has 0 spiro atoms. The number of aromatic nitrogens is 4. The summed E-state index contributed by atoms with van der Waals surface area (Å²) in [6.07, 6.45) is 3.61. The van der Waals surface area contributed by atoms with E-state index in [1.165, 1.54) is 23.1 Å². The van der Waals surface area contributed by atoms with Crippen LogP contribution >= 0.6 is 34.4 Å². The first-order valence-corrected chi connectivity index (χ1v) is 11.0. The topological polar surface area (TPSA) is 73.1 Å². The quantitative estimate of drug-likeness (QED) is 0.272. The van der Waals surface area contributed by atoms with Gasteiger partial charge >= 0.3 is 0 Å². The van der Waals surface area contributed by atoms with Crippen molar-refractivity contribution in [1.82, 2.24) is 19.5 Å². The second-order valence-electron chi connectivity index (χ2n) is 5.82. The molecule has 0 saturated carbocycles. The Balaban J connectivity index is 1.93. The van der Waals surface area contributed by atoms with E-state index in [0.717, 1.165) is 42.2 Å². The van der Waals surface area contributed by atoms with Gasteiger partial charge in [-0.3, -0.25) is 0 Å². The van der Waals surface area contributed by atoms with Crippen molar-refractivity contribution in [3.8, 4) is 27.7 Å². The molecule has 0 bridgehead atoms. The van der Waals surface area contributed by atoms with Crippen molar-refractivity contribution < 1.29 is 9.84 Å². The maximum atomic E-state index is 10.9. The summed E-state index contributed by atoms with van der Waals surface area (Å²) in [6, 6.07) is 1.99. The Kier molecular flexibility index (Phi) is 5.18. The van der Waals surface area contributed by atoms with Gasteiger partial charge in [-0.1, -0.05) is 11.8 Å². The molecule has 0 aliphatic heterocycles. The van der Waals surface area contributed by atoms with Crippen LogP contribution in [0, 0.1) is 6.92 Å². The molecule has 0 radical (unpaired) electrons. The van der Waals surface area contributed by atoms with Gasteiger partial charge in [-0.15, -0.1) is 22.7 Å². The first kappa shape index (κ1) is 18.4. The monoisotopic (exact) mass is 418 g/mol. The molecular weight excluding hydrogens is 400 g/mol. The standard InChI is InChI=1S/C18H18N4O2S3/c1-4-24-9-26-18-15(23)14-11(13-8-20-10(2)22(13)3)7-12(21-17(14)27-18)16-19-5-6-25-16/h5-8,23H,4,9H2,1-3H3. The summed E-state index contributed by atoms with van der Waals surface area (Å²) in [6.45, 7) is 4.56. The second kappa shape index (κ2) is 7.59. The van der Waals surface area contributed by atoms with Crippen LogP contribution in [0.5, 0.6) is 5.75 Å². The van der Waals surface area contributed by atoms with E-state index in [1.807, 2.05) is 43.1 Å². The van der Waals surface area contributed by atoms with Crippen molar-refractivity contribution in [1.29, 1.82) is 0 Å². The molecule has 0 aliphatic carbocycles. The zero-order chi connectivity index (χ0) is 19.0. The van der Waals surface area contributed by atoms with E-state index in [4.69, 9.17) is 9.72 Å². The van der Waals surface area contributed by atoms with Gasteiger partial charge < -0.3 is 14.4 Å². The second-order valence-corrected chi connectivity index (χ2v) is 8.90. The Morgan fingerprint density at radius 3 is 2.85 bits per heavy atom. The average molecular weight is 419 g/mol. The van der Waals surface area contributed by atoms with Crippen molar-refractivity contribution in [2.45, 2.75) is 18.1 Å². The minimum atomic E-state index is 0.256. The smallest absolute Gasteiger partial charge is 0.150 e. The number of pyridine rings is 1. The Morgan fingerprint density at radius 1 is 1.33 bits per heavy atom. The molecule has 27 heavy (non-hydrogen) atoms. The van der Waals surface area contributed by atoms with E-state index in [2.05, 4.69) is 9.97 Å². The summed E-state index contributed by atoms with van der Waals surface area (Å²) in [5.74, 6) is 1.66. The van der Waals surface area contributed by atoms with Gasteiger partial charge in [0.15, 0.2) is 0 Å². The number of fused-ring (bicyclic) bond motifs is 1. The molecule has 0 unspecified atom stereocenters. The van der Waals surface area contributed by atoms with Crippen molar-refractivity contribution >= 4 is 44.7 Å². The first-order chi connectivity index (χ1) is 13.1. The Morgan fingerprint density at radius 2 is 2.19 bits per heavy atom. The Bertz CT molecular complexity index is 1090. The lowest BCUT2D eigenvalue weighted by atomic mass is 10.1. The highest BCUT2D eigenvalue weighted by molar-refractivity contribution is 8.01. The zero-order valence-corrected chi connectivity index (χ0v) is 17.5. The number of imidazole rings is 1. The molecule has 4 aromatic heterocycles. The van der Waals surface area contributed by atoms with Gasteiger partial charge in [-0.05, 0) is 19.9 Å². The van der Waals surface area contributed by atoms with Gasteiger partial charge in [0.25, 0.3) is 0 Å². The van der Waals surface area contributed by atoms with Crippen LogP contribution in [0.25, 0.3) is 32.2 Å². The summed E-state index contributed by atoms with van der Waals surface area (Å²) in [4.78, 5) is 14.4.